The number of allylic oxidation sites excluding steroid dienone is 2. The van der Waals surface area contributed by atoms with Crippen LogP contribution in [0.15, 0.2) is 12.2 Å². The van der Waals surface area contributed by atoms with Crippen molar-refractivity contribution in [3.05, 3.63) is 12.2 Å². The highest BCUT2D eigenvalue weighted by molar-refractivity contribution is 5.13. The lowest BCUT2D eigenvalue weighted by Gasteiger charge is -2.46. The highest BCUT2D eigenvalue weighted by atomic mass is 15.2. The summed E-state index contributed by atoms with van der Waals surface area (Å²) >= 11 is 0. The molecule has 3 rings (SSSR count). The van der Waals surface area contributed by atoms with Gasteiger partial charge in [0.1, 0.15) is 0 Å². The monoisotopic (exact) mass is 163 g/mol. The number of hydrogen-bond donors (Lipinski definition) is 0. The Morgan fingerprint density at radius 1 is 1.33 bits per heavy atom. The molecule has 0 heterocycles. The Kier molecular flexibility index (Phi) is 1.40. The Morgan fingerprint density at radius 3 is 2.83 bits per heavy atom. The summed E-state index contributed by atoms with van der Waals surface area (Å²) in [6.45, 7) is 0. The summed E-state index contributed by atoms with van der Waals surface area (Å²) < 4.78 is 0. The Balaban J connectivity index is 1.65. The molecule has 2 saturated carbocycles. The molecule has 1 heteroatoms. The maximum atomic E-state index is 2.65. The maximum absolute atomic E-state index is 2.65. The quantitative estimate of drug-likeness (QED) is 0.563. The highest BCUT2D eigenvalue weighted by Crippen LogP contribution is 2.47. The van der Waals surface area contributed by atoms with E-state index in [1.54, 1.807) is 0 Å². The Morgan fingerprint density at radius 2 is 2.17 bits per heavy atom. The molecule has 0 aromatic rings. The van der Waals surface area contributed by atoms with Crippen LogP contribution in [0.2, 0.25) is 0 Å². The summed E-state index contributed by atoms with van der Waals surface area (Å²) in [5, 5.41) is 0. The molecule has 66 valence electrons. The summed E-state index contributed by atoms with van der Waals surface area (Å²) in [6, 6.07) is 1.88. The molecule has 0 bridgehead atoms. The van der Waals surface area contributed by atoms with E-state index in [1.165, 1.54) is 25.7 Å². The van der Waals surface area contributed by atoms with Gasteiger partial charge in [-0.25, -0.2) is 0 Å². The number of rotatable bonds is 2. The van der Waals surface area contributed by atoms with Crippen LogP contribution in [0.3, 0.4) is 0 Å². The van der Waals surface area contributed by atoms with Crippen LogP contribution >= 0.6 is 0 Å². The molecular formula is C11H17N. The molecule has 3 atom stereocenters. The van der Waals surface area contributed by atoms with Gasteiger partial charge >= 0.3 is 0 Å². The van der Waals surface area contributed by atoms with E-state index in [0.29, 0.717) is 0 Å². The van der Waals surface area contributed by atoms with Gasteiger partial charge in [0, 0.05) is 12.1 Å². The van der Waals surface area contributed by atoms with Gasteiger partial charge in [0.15, 0.2) is 0 Å². The van der Waals surface area contributed by atoms with Crippen molar-refractivity contribution in [1.82, 2.24) is 4.90 Å². The summed E-state index contributed by atoms with van der Waals surface area (Å²) in [5.41, 5.74) is 0. The second-order valence-electron chi connectivity index (χ2n) is 4.69. The van der Waals surface area contributed by atoms with E-state index in [0.717, 1.165) is 23.9 Å². The summed E-state index contributed by atoms with van der Waals surface area (Å²) in [7, 11) is 2.33. The van der Waals surface area contributed by atoms with Gasteiger partial charge in [0.25, 0.3) is 0 Å². The maximum Gasteiger partial charge on any atom is 0.0138 e. The van der Waals surface area contributed by atoms with E-state index in [4.69, 9.17) is 0 Å². The van der Waals surface area contributed by atoms with Crippen LogP contribution < -0.4 is 0 Å². The van der Waals surface area contributed by atoms with Crippen molar-refractivity contribution < 1.29 is 0 Å². The van der Waals surface area contributed by atoms with Crippen LogP contribution in [0.1, 0.15) is 25.7 Å². The third-order valence-corrected chi connectivity index (χ3v) is 4.00. The third-order valence-electron chi connectivity index (χ3n) is 4.00. The van der Waals surface area contributed by atoms with Crippen LogP contribution in [0.5, 0.6) is 0 Å². The van der Waals surface area contributed by atoms with Crippen molar-refractivity contribution in [1.29, 1.82) is 0 Å². The van der Waals surface area contributed by atoms with E-state index in [2.05, 4.69) is 24.1 Å². The molecule has 0 aliphatic heterocycles. The van der Waals surface area contributed by atoms with Crippen LogP contribution in [0, 0.1) is 11.8 Å². The number of nitrogens with zero attached hydrogens (tertiary/aromatic N) is 1. The first-order valence-electron chi connectivity index (χ1n) is 5.25. The fourth-order valence-corrected chi connectivity index (χ4v) is 2.90. The molecule has 2 fully saturated rings. The molecule has 0 unspecified atom stereocenters. The van der Waals surface area contributed by atoms with E-state index in [1.807, 2.05) is 0 Å². The lowest BCUT2D eigenvalue weighted by molar-refractivity contribution is 0.0480. The molecule has 0 spiro atoms. The fraction of sp³-hybridized carbons (Fsp3) is 0.818. The average Bonchev–Trinajstić information content (AvgIpc) is 2.79. The van der Waals surface area contributed by atoms with Gasteiger partial charge < -0.3 is 4.90 Å². The van der Waals surface area contributed by atoms with Gasteiger partial charge in [-0.3, -0.25) is 0 Å². The second-order valence-corrected chi connectivity index (χ2v) is 4.69. The number of hydrogen-bond acceptors (Lipinski definition) is 1. The normalized spacial score (nSPS) is 44.7. The van der Waals surface area contributed by atoms with E-state index < -0.39 is 0 Å². The number of fused-ring (bicyclic) bond motifs is 1. The van der Waals surface area contributed by atoms with Crippen LogP contribution in [0.4, 0.5) is 0 Å². The lowest BCUT2D eigenvalue weighted by atomic mass is 9.70. The van der Waals surface area contributed by atoms with Gasteiger partial charge in [-0.2, -0.15) is 0 Å². The van der Waals surface area contributed by atoms with Gasteiger partial charge in [0.05, 0.1) is 0 Å². The largest absolute Gasteiger partial charge is 0.300 e. The van der Waals surface area contributed by atoms with Gasteiger partial charge in [0.2, 0.25) is 0 Å². The highest BCUT2D eigenvalue weighted by Gasteiger charge is 2.46. The van der Waals surface area contributed by atoms with E-state index in [9.17, 15) is 0 Å². The Labute approximate surface area is 74.4 Å². The summed E-state index contributed by atoms with van der Waals surface area (Å²) in [5.74, 6) is 1.95. The van der Waals surface area contributed by atoms with Crippen molar-refractivity contribution in [3.63, 3.8) is 0 Å². The van der Waals surface area contributed by atoms with Gasteiger partial charge in [-0.05, 0) is 44.6 Å². The minimum Gasteiger partial charge on any atom is -0.300 e. The molecule has 0 radical (unpaired) electrons. The van der Waals surface area contributed by atoms with Crippen LogP contribution in [-0.2, 0) is 0 Å². The third kappa shape index (κ3) is 0.891. The van der Waals surface area contributed by atoms with Gasteiger partial charge in [-0.1, -0.05) is 12.2 Å². The summed E-state index contributed by atoms with van der Waals surface area (Å²) in [6.07, 6.45) is 10.5. The topological polar surface area (TPSA) is 3.24 Å². The molecular weight excluding hydrogens is 146 g/mol. The van der Waals surface area contributed by atoms with Gasteiger partial charge in [-0.15, -0.1) is 0 Å². The zero-order valence-electron chi connectivity index (χ0n) is 7.74. The molecule has 0 N–H and O–H groups in total. The molecule has 0 aromatic carbocycles. The first kappa shape index (κ1) is 7.14. The molecule has 1 nitrogen and oxygen atoms in total. The Bertz CT molecular complexity index is 215. The first-order chi connectivity index (χ1) is 5.86. The standard InChI is InChI=1S/C11H17N/c1-12(9-5-6-9)11-7-8-3-2-4-10(8)11/h2-3,8-11H,4-7H2,1H3/t8-,10-,11+/m1/s1. The minimum atomic E-state index is 0.928. The minimum absolute atomic E-state index is 0.928. The van der Waals surface area contributed by atoms with Crippen molar-refractivity contribution in [2.45, 2.75) is 37.8 Å². The van der Waals surface area contributed by atoms with Crippen LogP contribution in [0.25, 0.3) is 0 Å². The smallest absolute Gasteiger partial charge is 0.0138 e. The molecule has 0 amide bonds. The van der Waals surface area contributed by atoms with E-state index >= 15 is 0 Å². The van der Waals surface area contributed by atoms with E-state index in [-0.39, 0.29) is 0 Å². The molecule has 0 aromatic heterocycles. The average molecular weight is 163 g/mol. The fourth-order valence-electron chi connectivity index (χ4n) is 2.90. The lowest BCUT2D eigenvalue weighted by Crippen LogP contribution is -2.49. The zero-order chi connectivity index (χ0) is 8.13. The predicted molar refractivity (Wildman–Crippen MR) is 49.9 cm³/mol. The second kappa shape index (κ2) is 2.35. The molecule has 3 aliphatic carbocycles. The SMILES string of the molecule is CN(C1CC1)[C@H]1C[C@H]2C=CC[C@H]21. The summed E-state index contributed by atoms with van der Waals surface area (Å²) in [4.78, 5) is 2.65. The predicted octanol–water partition coefficient (Wildman–Crippen LogP) is 2.05. The Hall–Kier alpha value is -0.300. The van der Waals surface area contributed by atoms with Crippen molar-refractivity contribution in [3.8, 4) is 0 Å². The molecule has 3 aliphatic rings. The zero-order valence-corrected chi connectivity index (χ0v) is 7.74. The molecule has 12 heavy (non-hydrogen) atoms. The van der Waals surface area contributed by atoms with Crippen molar-refractivity contribution in [2.24, 2.45) is 11.8 Å². The molecule has 0 saturated heterocycles. The van der Waals surface area contributed by atoms with Crippen molar-refractivity contribution in [2.75, 3.05) is 7.05 Å². The first-order valence-corrected chi connectivity index (χ1v) is 5.25. The van der Waals surface area contributed by atoms with Crippen LogP contribution in [-0.4, -0.2) is 24.0 Å². The van der Waals surface area contributed by atoms with Crippen molar-refractivity contribution >= 4 is 0 Å².